The summed E-state index contributed by atoms with van der Waals surface area (Å²) in [5, 5.41) is 16.6. The van der Waals surface area contributed by atoms with Crippen molar-refractivity contribution in [2.75, 3.05) is 10.2 Å². The summed E-state index contributed by atoms with van der Waals surface area (Å²) in [6, 6.07) is 21.9. The van der Waals surface area contributed by atoms with Crippen LogP contribution in [0.3, 0.4) is 0 Å². The van der Waals surface area contributed by atoms with Crippen molar-refractivity contribution in [2.45, 2.75) is 32.9 Å². The third-order valence-electron chi connectivity index (χ3n) is 6.82. The molecule has 3 heterocycles. The van der Waals surface area contributed by atoms with Gasteiger partial charge in [0.05, 0.1) is 17.3 Å². The topological polar surface area (TPSA) is 99.5 Å². The Morgan fingerprint density at radius 2 is 1.85 bits per heavy atom. The number of aryl methyl sites for hydroxylation is 1. The minimum absolute atomic E-state index is 0.0429. The van der Waals surface area contributed by atoms with Crippen LogP contribution >= 0.6 is 12.2 Å². The molecule has 0 bridgehead atoms. The number of nitrogens with zero attached hydrogens (tertiary/aromatic N) is 3. The van der Waals surface area contributed by atoms with Crippen molar-refractivity contribution in [3.05, 3.63) is 108 Å². The van der Waals surface area contributed by atoms with Crippen LogP contribution < -0.4 is 15.5 Å². The largest absolute Gasteiger partial charge is 0.478 e. The number of anilines is 2. The first kappa shape index (κ1) is 26.1. The maximum Gasteiger partial charge on any atom is 0.335 e. The molecule has 1 saturated heterocycles. The van der Waals surface area contributed by atoms with Crippen LogP contribution in [0, 0.1) is 12.8 Å². The van der Waals surface area contributed by atoms with E-state index in [1.165, 1.54) is 0 Å². The van der Waals surface area contributed by atoms with E-state index < -0.39 is 5.97 Å². The molecular formula is C30H29N5O3S. The Labute approximate surface area is 232 Å². The lowest BCUT2D eigenvalue weighted by Gasteiger charge is -2.29. The Hall–Kier alpha value is -4.50. The summed E-state index contributed by atoms with van der Waals surface area (Å²) in [6.45, 7) is 5.67. The average molecular weight is 540 g/mol. The molecule has 1 aliphatic rings. The molecule has 5 rings (SSSR count). The lowest BCUT2D eigenvalue weighted by Crippen LogP contribution is -2.30. The third-order valence-corrected chi connectivity index (χ3v) is 7.14. The van der Waals surface area contributed by atoms with E-state index in [0.29, 0.717) is 5.11 Å². The average Bonchev–Trinajstić information content (AvgIpc) is 3.54. The maximum absolute atomic E-state index is 12.3. The number of amides is 1. The number of nitrogens with one attached hydrogen (secondary N) is 2. The number of rotatable bonds is 7. The van der Waals surface area contributed by atoms with Gasteiger partial charge in [-0.1, -0.05) is 26.0 Å². The summed E-state index contributed by atoms with van der Waals surface area (Å²) >= 11 is 5.88. The first-order chi connectivity index (χ1) is 18.7. The molecule has 2 aromatic heterocycles. The Morgan fingerprint density at radius 1 is 1.03 bits per heavy atom. The van der Waals surface area contributed by atoms with Gasteiger partial charge in [-0.3, -0.25) is 9.78 Å². The smallest absolute Gasteiger partial charge is 0.335 e. The molecule has 39 heavy (non-hydrogen) atoms. The molecular weight excluding hydrogens is 510 g/mol. The van der Waals surface area contributed by atoms with Crippen LogP contribution in [-0.4, -0.2) is 31.6 Å². The number of pyridine rings is 1. The SMILES string of the molecule is Cc1cc(N2C(=S)NC(c3ccccn3)C2c2cccn2-c2cccc(C(=O)O)c2)ccc1NC(=O)C(C)C. The minimum atomic E-state index is -0.984. The number of carboxylic acids is 1. The van der Waals surface area contributed by atoms with Gasteiger partial charge < -0.3 is 25.2 Å². The highest BCUT2D eigenvalue weighted by Gasteiger charge is 2.42. The van der Waals surface area contributed by atoms with E-state index in [-0.39, 0.29) is 29.5 Å². The van der Waals surface area contributed by atoms with Crippen molar-refractivity contribution in [3.8, 4) is 5.69 Å². The molecule has 2 unspecified atom stereocenters. The third kappa shape index (κ3) is 5.13. The van der Waals surface area contributed by atoms with Crippen LogP contribution in [0.1, 0.15) is 53.2 Å². The summed E-state index contributed by atoms with van der Waals surface area (Å²) < 4.78 is 1.99. The van der Waals surface area contributed by atoms with E-state index in [0.717, 1.165) is 34.0 Å². The van der Waals surface area contributed by atoms with E-state index in [1.54, 1.807) is 24.4 Å². The van der Waals surface area contributed by atoms with Gasteiger partial charge in [-0.15, -0.1) is 0 Å². The van der Waals surface area contributed by atoms with Crippen molar-refractivity contribution in [1.82, 2.24) is 14.9 Å². The van der Waals surface area contributed by atoms with Crippen molar-refractivity contribution in [2.24, 2.45) is 5.92 Å². The summed E-state index contributed by atoms with van der Waals surface area (Å²) in [5.41, 5.74) is 5.21. The Bertz CT molecular complexity index is 1550. The summed E-state index contributed by atoms with van der Waals surface area (Å²) in [7, 11) is 0. The van der Waals surface area contributed by atoms with Gasteiger partial charge in [-0.25, -0.2) is 4.79 Å². The monoisotopic (exact) mass is 539 g/mol. The molecule has 2 aromatic carbocycles. The number of carboxylic acid groups (broad SMARTS) is 1. The fourth-order valence-electron chi connectivity index (χ4n) is 4.81. The predicted molar refractivity (Wildman–Crippen MR) is 155 cm³/mol. The molecule has 0 saturated carbocycles. The summed E-state index contributed by atoms with van der Waals surface area (Å²) in [6.07, 6.45) is 3.67. The van der Waals surface area contributed by atoms with E-state index in [9.17, 15) is 14.7 Å². The summed E-state index contributed by atoms with van der Waals surface area (Å²) in [5.74, 6) is -1.16. The molecule has 9 heteroatoms. The van der Waals surface area contributed by atoms with Crippen molar-refractivity contribution in [3.63, 3.8) is 0 Å². The molecule has 4 aromatic rings. The normalized spacial score (nSPS) is 16.8. The zero-order valence-electron chi connectivity index (χ0n) is 21.8. The summed E-state index contributed by atoms with van der Waals surface area (Å²) in [4.78, 5) is 30.6. The molecule has 2 atom stereocenters. The lowest BCUT2D eigenvalue weighted by atomic mass is 10.00. The van der Waals surface area contributed by atoms with Crippen LogP contribution in [0.4, 0.5) is 11.4 Å². The van der Waals surface area contributed by atoms with Crippen LogP contribution in [0.5, 0.6) is 0 Å². The van der Waals surface area contributed by atoms with Gasteiger partial charge in [-0.05, 0) is 85.4 Å². The number of aromatic carboxylic acids is 1. The molecule has 8 nitrogen and oxygen atoms in total. The van der Waals surface area contributed by atoms with Gasteiger partial charge in [0, 0.05) is 41.1 Å². The molecule has 3 N–H and O–H groups in total. The molecule has 0 aliphatic carbocycles. The first-order valence-corrected chi connectivity index (χ1v) is 13.1. The van der Waals surface area contributed by atoms with E-state index in [2.05, 4.69) is 20.5 Å². The fourth-order valence-corrected chi connectivity index (χ4v) is 5.15. The molecule has 0 radical (unpaired) electrons. The van der Waals surface area contributed by atoms with Crippen LogP contribution in [0.25, 0.3) is 5.69 Å². The number of aromatic nitrogens is 2. The van der Waals surface area contributed by atoms with Gasteiger partial charge in [0.25, 0.3) is 0 Å². The standard InChI is InChI=1S/C30H29N5O3S/c1-18(2)28(36)32-23-13-12-22(16-19(23)3)35-27(26(33-30(35)39)24-10-4-5-14-31-24)25-11-7-15-34(25)21-9-6-8-20(17-21)29(37)38/h4-18,26-27H,1-3H3,(H,32,36)(H,33,39)(H,37,38). The molecule has 1 amide bonds. The predicted octanol–water partition coefficient (Wildman–Crippen LogP) is 5.65. The highest BCUT2D eigenvalue weighted by Crippen LogP contribution is 2.43. The zero-order chi connectivity index (χ0) is 27.7. The van der Waals surface area contributed by atoms with Crippen molar-refractivity contribution < 1.29 is 14.7 Å². The fraction of sp³-hybridized carbons (Fsp3) is 0.200. The van der Waals surface area contributed by atoms with Crippen LogP contribution in [0.2, 0.25) is 0 Å². The number of thiocarbonyl (C=S) groups is 1. The lowest BCUT2D eigenvalue weighted by molar-refractivity contribution is -0.118. The highest BCUT2D eigenvalue weighted by molar-refractivity contribution is 7.80. The molecule has 1 aliphatic heterocycles. The molecule has 1 fully saturated rings. The van der Waals surface area contributed by atoms with Gasteiger partial charge in [-0.2, -0.15) is 0 Å². The Balaban J connectivity index is 1.61. The second-order valence-electron chi connectivity index (χ2n) is 9.80. The number of carbonyl (C=O) groups excluding carboxylic acids is 1. The quantitative estimate of drug-likeness (QED) is 0.261. The first-order valence-electron chi connectivity index (χ1n) is 12.7. The zero-order valence-corrected chi connectivity index (χ0v) is 22.6. The van der Waals surface area contributed by atoms with E-state index in [4.69, 9.17) is 12.2 Å². The van der Waals surface area contributed by atoms with Crippen LogP contribution in [0.15, 0.2) is 85.2 Å². The Morgan fingerprint density at radius 3 is 2.54 bits per heavy atom. The van der Waals surface area contributed by atoms with Gasteiger partial charge in [0.2, 0.25) is 5.91 Å². The van der Waals surface area contributed by atoms with Gasteiger partial charge in [0.1, 0.15) is 6.04 Å². The van der Waals surface area contributed by atoms with E-state index in [1.807, 2.05) is 86.1 Å². The number of carbonyl (C=O) groups is 2. The van der Waals surface area contributed by atoms with Gasteiger partial charge >= 0.3 is 5.97 Å². The number of benzene rings is 2. The Kier molecular flexibility index (Phi) is 7.17. The van der Waals surface area contributed by atoms with Crippen molar-refractivity contribution in [1.29, 1.82) is 0 Å². The van der Waals surface area contributed by atoms with Gasteiger partial charge in [0.15, 0.2) is 5.11 Å². The number of hydrogen-bond acceptors (Lipinski definition) is 4. The minimum Gasteiger partial charge on any atom is -0.478 e. The number of hydrogen-bond donors (Lipinski definition) is 3. The maximum atomic E-state index is 12.3. The highest BCUT2D eigenvalue weighted by atomic mass is 32.1. The second kappa shape index (κ2) is 10.7. The second-order valence-corrected chi connectivity index (χ2v) is 10.2. The van der Waals surface area contributed by atoms with E-state index >= 15 is 0 Å². The molecule has 0 spiro atoms. The molecule has 198 valence electrons. The van der Waals surface area contributed by atoms with Crippen LogP contribution in [-0.2, 0) is 4.79 Å². The van der Waals surface area contributed by atoms with Crippen molar-refractivity contribution >= 4 is 40.6 Å².